The highest BCUT2D eigenvalue weighted by molar-refractivity contribution is 5.74. The number of hydrogen-bond donors (Lipinski definition) is 11. The molecule has 0 aliphatic carbocycles. The Kier molecular flexibility index (Phi) is 11.3. The Labute approximate surface area is 232 Å². The van der Waals surface area contributed by atoms with Crippen LogP contribution in [-0.4, -0.2) is 169 Å². The van der Waals surface area contributed by atoms with E-state index in [4.69, 9.17) is 23.7 Å². The lowest BCUT2D eigenvalue weighted by atomic mass is 9.94. The maximum atomic E-state index is 12.1. The van der Waals surface area contributed by atoms with E-state index in [1.165, 1.54) is 0 Å². The van der Waals surface area contributed by atoms with Gasteiger partial charge in [0.05, 0.1) is 13.2 Å². The fraction of sp³-hybridized carbons (Fsp3) is 0.864. The predicted molar refractivity (Wildman–Crippen MR) is 125 cm³/mol. The molecular formula is C22H36N2O17. The molecule has 19 nitrogen and oxygen atoms in total. The SMILES string of the molecule is CC(=O)N[C@H]1[C@@H](O[C@H]2[C@H](O)[C@@H](O)[C@H](O[C@H]3[C@H](O)[C@@H](NC(C)=O)C(O)O[C@@H]3CO)O[C@@H]2C(=O)O)O[C@H](CO)[C@@H](O)[C@@H]1O. The topological polar surface area (TPSA) is 303 Å². The maximum Gasteiger partial charge on any atom is 0.335 e. The summed E-state index contributed by atoms with van der Waals surface area (Å²) in [6, 6.07) is -2.98. The number of rotatable bonds is 9. The average Bonchev–Trinajstić information content (AvgIpc) is 2.90. The summed E-state index contributed by atoms with van der Waals surface area (Å²) in [6.45, 7) is 0.498. The van der Waals surface area contributed by atoms with Crippen LogP contribution < -0.4 is 10.6 Å². The number of amides is 2. The fourth-order valence-electron chi connectivity index (χ4n) is 4.84. The van der Waals surface area contributed by atoms with Gasteiger partial charge in [0.1, 0.15) is 67.0 Å². The standard InChI is InChI=1S/C22H36N2O17/c1-5(27)23-9-13(31)16(8(4-26)37-20(9)36)39-22-15(33)14(32)17(18(41-22)19(34)35)40-21-10(24-6(2)28)12(30)11(29)7(3-25)38-21/h7-18,20-22,25-26,29-33,36H,3-4H2,1-2H3,(H,23,27)(H,24,28)(H,34,35)/t7-,8-,9-,10-,11-,12-,13-,14-,15-,16-,17+,18+,20?,21-,22-/m1/s1. The first-order valence-corrected chi connectivity index (χ1v) is 12.6. The van der Waals surface area contributed by atoms with Crippen molar-refractivity contribution in [2.45, 2.75) is 106 Å². The highest BCUT2D eigenvalue weighted by Crippen LogP contribution is 2.32. The molecule has 0 aromatic rings. The van der Waals surface area contributed by atoms with Crippen molar-refractivity contribution in [1.82, 2.24) is 10.6 Å². The van der Waals surface area contributed by atoms with Crippen LogP contribution in [0.15, 0.2) is 0 Å². The molecule has 1 unspecified atom stereocenters. The third-order valence-electron chi connectivity index (χ3n) is 6.86. The van der Waals surface area contributed by atoms with E-state index in [9.17, 15) is 60.3 Å². The minimum absolute atomic E-state index is 0.670. The van der Waals surface area contributed by atoms with Crippen molar-refractivity contribution < 1.29 is 84.0 Å². The summed E-state index contributed by atoms with van der Waals surface area (Å²) < 4.78 is 26.9. The minimum atomic E-state index is -2.13. The predicted octanol–water partition coefficient (Wildman–Crippen LogP) is -7.19. The van der Waals surface area contributed by atoms with Gasteiger partial charge in [-0.2, -0.15) is 0 Å². The lowest BCUT2D eigenvalue weighted by Crippen LogP contribution is -2.69. The Balaban J connectivity index is 1.83. The molecule has 3 aliphatic rings. The second-order valence-electron chi connectivity index (χ2n) is 9.84. The number of ether oxygens (including phenoxy) is 5. The molecule has 11 N–H and O–H groups in total. The Bertz CT molecular complexity index is 927. The molecular weight excluding hydrogens is 564 g/mol. The van der Waals surface area contributed by atoms with Crippen molar-refractivity contribution in [2.75, 3.05) is 13.2 Å². The van der Waals surface area contributed by atoms with Crippen LogP contribution in [0.3, 0.4) is 0 Å². The molecule has 3 aliphatic heterocycles. The van der Waals surface area contributed by atoms with Gasteiger partial charge >= 0.3 is 5.97 Å². The number of aliphatic carboxylic acids is 1. The first kappa shape index (κ1) is 33.4. The van der Waals surface area contributed by atoms with Gasteiger partial charge < -0.3 is 80.3 Å². The largest absolute Gasteiger partial charge is 0.479 e. The van der Waals surface area contributed by atoms with E-state index >= 15 is 0 Å². The number of carbonyl (C=O) groups excluding carboxylic acids is 2. The van der Waals surface area contributed by atoms with E-state index in [1.807, 2.05) is 0 Å². The highest BCUT2D eigenvalue weighted by atomic mass is 16.7. The summed E-state index contributed by atoms with van der Waals surface area (Å²) in [5.41, 5.74) is 0. The molecule has 3 saturated heterocycles. The van der Waals surface area contributed by atoms with E-state index < -0.39 is 123 Å². The van der Waals surface area contributed by atoms with Crippen LogP contribution in [-0.2, 0) is 38.1 Å². The van der Waals surface area contributed by atoms with Crippen LogP contribution >= 0.6 is 0 Å². The Hall–Kier alpha value is -2.11. The summed E-state index contributed by atoms with van der Waals surface area (Å²) >= 11 is 0. The van der Waals surface area contributed by atoms with Crippen LogP contribution in [0.1, 0.15) is 13.8 Å². The molecule has 0 spiro atoms. The molecule has 0 radical (unpaired) electrons. The number of aliphatic hydroxyl groups excluding tert-OH is 8. The maximum absolute atomic E-state index is 12.1. The van der Waals surface area contributed by atoms with E-state index in [2.05, 4.69) is 10.6 Å². The van der Waals surface area contributed by atoms with Gasteiger partial charge in [-0.05, 0) is 0 Å². The first-order chi connectivity index (χ1) is 19.2. The fourth-order valence-corrected chi connectivity index (χ4v) is 4.84. The molecule has 15 atom stereocenters. The quantitative estimate of drug-likeness (QED) is 0.117. The number of hydrogen-bond acceptors (Lipinski definition) is 16. The summed E-state index contributed by atoms with van der Waals surface area (Å²) in [5.74, 6) is -3.12. The van der Waals surface area contributed by atoms with Gasteiger partial charge in [-0.25, -0.2) is 4.79 Å². The van der Waals surface area contributed by atoms with Crippen molar-refractivity contribution >= 4 is 17.8 Å². The molecule has 236 valence electrons. The molecule has 0 bridgehead atoms. The molecule has 19 heteroatoms. The van der Waals surface area contributed by atoms with E-state index in [-0.39, 0.29) is 0 Å². The van der Waals surface area contributed by atoms with Crippen molar-refractivity contribution in [1.29, 1.82) is 0 Å². The third-order valence-corrected chi connectivity index (χ3v) is 6.86. The van der Waals surface area contributed by atoms with E-state index in [1.54, 1.807) is 0 Å². The van der Waals surface area contributed by atoms with Crippen molar-refractivity contribution in [3.63, 3.8) is 0 Å². The summed E-state index contributed by atoms with van der Waals surface area (Å²) in [7, 11) is 0. The smallest absolute Gasteiger partial charge is 0.335 e. The average molecular weight is 601 g/mol. The van der Waals surface area contributed by atoms with Crippen LogP contribution in [0.4, 0.5) is 0 Å². The zero-order valence-electron chi connectivity index (χ0n) is 21.9. The molecule has 3 rings (SSSR count). The van der Waals surface area contributed by atoms with Gasteiger partial charge in [0.25, 0.3) is 0 Å². The van der Waals surface area contributed by atoms with Crippen LogP contribution in [0.25, 0.3) is 0 Å². The minimum Gasteiger partial charge on any atom is -0.479 e. The third kappa shape index (κ3) is 7.28. The number of carboxylic acids is 1. The van der Waals surface area contributed by atoms with Crippen LogP contribution in [0, 0.1) is 0 Å². The van der Waals surface area contributed by atoms with Gasteiger partial charge in [0.2, 0.25) is 11.8 Å². The Morgan fingerprint density at radius 3 is 1.76 bits per heavy atom. The van der Waals surface area contributed by atoms with Gasteiger partial charge in [-0.3, -0.25) is 9.59 Å². The molecule has 2 amide bonds. The van der Waals surface area contributed by atoms with Crippen molar-refractivity contribution in [3.05, 3.63) is 0 Å². The number of carboxylic acid groups (broad SMARTS) is 1. The zero-order valence-corrected chi connectivity index (χ0v) is 21.9. The van der Waals surface area contributed by atoms with E-state index in [0.29, 0.717) is 0 Å². The lowest BCUT2D eigenvalue weighted by Gasteiger charge is -2.48. The van der Waals surface area contributed by atoms with Gasteiger partial charge in [0, 0.05) is 13.8 Å². The molecule has 41 heavy (non-hydrogen) atoms. The highest BCUT2D eigenvalue weighted by Gasteiger charge is 2.55. The summed E-state index contributed by atoms with van der Waals surface area (Å²) in [4.78, 5) is 35.3. The monoisotopic (exact) mass is 600 g/mol. The normalized spacial score (nSPS) is 45.1. The second-order valence-corrected chi connectivity index (χ2v) is 9.84. The van der Waals surface area contributed by atoms with Gasteiger partial charge in [-0.15, -0.1) is 0 Å². The van der Waals surface area contributed by atoms with Crippen LogP contribution in [0.5, 0.6) is 0 Å². The molecule has 0 aromatic carbocycles. The molecule has 0 saturated carbocycles. The van der Waals surface area contributed by atoms with Gasteiger partial charge in [-0.1, -0.05) is 0 Å². The van der Waals surface area contributed by atoms with E-state index in [0.717, 1.165) is 13.8 Å². The van der Waals surface area contributed by atoms with Crippen molar-refractivity contribution in [2.24, 2.45) is 0 Å². The summed E-state index contributed by atoms with van der Waals surface area (Å²) in [6.07, 6.45) is -23.6. The number of aliphatic hydroxyl groups is 8. The lowest BCUT2D eigenvalue weighted by molar-refractivity contribution is -0.361. The molecule has 0 aromatic heterocycles. The Morgan fingerprint density at radius 1 is 0.659 bits per heavy atom. The number of nitrogens with one attached hydrogen (secondary N) is 2. The van der Waals surface area contributed by atoms with Crippen molar-refractivity contribution in [3.8, 4) is 0 Å². The number of carbonyl (C=O) groups is 3. The molecule has 3 heterocycles. The van der Waals surface area contributed by atoms with Crippen LogP contribution in [0.2, 0.25) is 0 Å². The first-order valence-electron chi connectivity index (χ1n) is 12.6. The zero-order chi connectivity index (χ0) is 30.8. The second kappa shape index (κ2) is 13.9. The molecule has 3 fully saturated rings. The van der Waals surface area contributed by atoms with Gasteiger partial charge in [0.15, 0.2) is 25.0 Å². The Morgan fingerprint density at radius 2 is 1.22 bits per heavy atom. The summed E-state index contributed by atoms with van der Waals surface area (Å²) in [5, 5.41) is 96.5.